The Labute approximate surface area is 112 Å². The van der Waals surface area contributed by atoms with E-state index in [0.29, 0.717) is 5.11 Å². The van der Waals surface area contributed by atoms with Crippen molar-refractivity contribution >= 4 is 28.7 Å². The van der Waals surface area contributed by atoms with Crippen molar-refractivity contribution in [1.82, 2.24) is 4.98 Å². The average molecular weight is 257 g/mol. The van der Waals surface area contributed by atoms with E-state index >= 15 is 0 Å². The second-order valence-electron chi connectivity index (χ2n) is 4.06. The largest absolute Gasteiger partial charge is 0.332 e. The second kappa shape index (κ2) is 5.60. The Bertz CT molecular complexity index is 552. The first kappa shape index (κ1) is 12.5. The molecule has 0 fully saturated rings. The fraction of sp³-hybridized carbons (Fsp3) is 0.143. The smallest absolute Gasteiger partial charge is 0.175 e. The van der Waals surface area contributed by atoms with Crippen molar-refractivity contribution < 1.29 is 0 Å². The molecule has 0 spiro atoms. The summed E-state index contributed by atoms with van der Waals surface area (Å²) in [5.74, 6) is 0. The van der Waals surface area contributed by atoms with Gasteiger partial charge >= 0.3 is 0 Å². The molecule has 0 saturated carbocycles. The molecule has 92 valence electrons. The summed E-state index contributed by atoms with van der Waals surface area (Å²) >= 11 is 5.28. The Morgan fingerprint density at radius 2 is 1.78 bits per heavy atom. The quantitative estimate of drug-likeness (QED) is 0.807. The van der Waals surface area contributed by atoms with Crippen molar-refractivity contribution in [2.24, 2.45) is 0 Å². The Balaban J connectivity index is 2.06. The molecule has 0 atom stereocenters. The summed E-state index contributed by atoms with van der Waals surface area (Å²) < 4.78 is 0. The van der Waals surface area contributed by atoms with Gasteiger partial charge in [0.2, 0.25) is 0 Å². The number of aromatic nitrogens is 1. The van der Waals surface area contributed by atoms with Crippen molar-refractivity contribution in [3.63, 3.8) is 0 Å². The normalized spacial score (nSPS) is 9.89. The van der Waals surface area contributed by atoms with Gasteiger partial charge in [-0.3, -0.25) is 4.98 Å². The van der Waals surface area contributed by atoms with Gasteiger partial charge in [-0.05, 0) is 55.4 Å². The lowest BCUT2D eigenvalue weighted by atomic mass is 10.1. The van der Waals surface area contributed by atoms with Gasteiger partial charge in [0.25, 0.3) is 0 Å². The maximum atomic E-state index is 5.28. The van der Waals surface area contributed by atoms with E-state index in [2.05, 4.69) is 35.5 Å². The molecule has 0 aliphatic rings. The van der Waals surface area contributed by atoms with E-state index in [4.69, 9.17) is 12.2 Å². The van der Waals surface area contributed by atoms with Crippen LogP contribution in [0.3, 0.4) is 0 Å². The maximum absolute atomic E-state index is 5.28. The van der Waals surface area contributed by atoms with Gasteiger partial charge in [0, 0.05) is 23.8 Å². The van der Waals surface area contributed by atoms with Crippen LogP contribution < -0.4 is 10.6 Å². The molecule has 1 aromatic heterocycles. The Morgan fingerprint density at radius 1 is 1.06 bits per heavy atom. The highest BCUT2D eigenvalue weighted by Crippen LogP contribution is 2.18. The Kier molecular flexibility index (Phi) is 3.89. The summed E-state index contributed by atoms with van der Waals surface area (Å²) in [6, 6.07) is 9.86. The molecule has 1 aromatic carbocycles. The van der Waals surface area contributed by atoms with Crippen LogP contribution in [-0.4, -0.2) is 10.1 Å². The standard InChI is InChI=1S/C14H15N3S/c1-10-4-3-5-13(11(10)2)17-14(18)16-12-6-8-15-9-7-12/h3-9H,1-2H3,(H2,15,16,17,18). The molecule has 2 N–H and O–H groups in total. The first-order chi connectivity index (χ1) is 8.66. The van der Waals surface area contributed by atoms with Crippen LogP contribution in [0.5, 0.6) is 0 Å². The van der Waals surface area contributed by atoms with E-state index in [1.165, 1.54) is 11.1 Å². The minimum absolute atomic E-state index is 0.579. The molecule has 0 unspecified atom stereocenters. The molecular formula is C14H15N3S. The first-order valence-corrected chi connectivity index (χ1v) is 6.12. The van der Waals surface area contributed by atoms with Crippen molar-refractivity contribution in [2.45, 2.75) is 13.8 Å². The number of nitrogens with zero attached hydrogens (tertiary/aromatic N) is 1. The van der Waals surface area contributed by atoms with Crippen LogP contribution in [0, 0.1) is 13.8 Å². The van der Waals surface area contributed by atoms with E-state index in [1.54, 1.807) is 12.4 Å². The molecule has 0 saturated heterocycles. The number of rotatable bonds is 2. The summed E-state index contributed by atoms with van der Waals surface area (Å²) in [5, 5.41) is 6.90. The van der Waals surface area contributed by atoms with Crippen molar-refractivity contribution in [3.8, 4) is 0 Å². The summed E-state index contributed by atoms with van der Waals surface area (Å²) in [6.45, 7) is 4.16. The fourth-order valence-corrected chi connectivity index (χ4v) is 1.83. The van der Waals surface area contributed by atoms with Crippen LogP contribution in [0.2, 0.25) is 0 Å². The van der Waals surface area contributed by atoms with Gasteiger partial charge in [-0.2, -0.15) is 0 Å². The molecule has 0 bridgehead atoms. The van der Waals surface area contributed by atoms with Gasteiger partial charge in [-0.25, -0.2) is 0 Å². The van der Waals surface area contributed by atoms with Crippen LogP contribution >= 0.6 is 12.2 Å². The Morgan fingerprint density at radius 3 is 2.50 bits per heavy atom. The highest BCUT2D eigenvalue weighted by molar-refractivity contribution is 7.80. The van der Waals surface area contributed by atoms with E-state index in [1.807, 2.05) is 24.3 Å². The van der Waals surface area contributed by atoms with Crippen LogP contribution in [0.1, 0.15) is 11.1 Å². The molecule has 18 heavy (non-hydrogen) atoms. The van der Waals surface area contributed by atoms with Gasteiger partial charge in [0.15, 0.2) is 5.11 Å². The third-order valence-electron chi connectivity index (χ3n) is 2.79. The maximum Gasteiger partial charge on any atom is 0.175 e. The molecular weight excluding hydrogens is 242 g/mol. The predicted molar refractivity (Wildman–Crippen MR) is 80.0 cm³/mol. The number of benzene rings is 1. The highest BCUT2D eigenvalue weighted by Gasteiger charge is 2.02. The average Bonchev–Trinajstić information content (AvgIpc) is 2.36. The lowest BCUT2D eigenvalue weighted by Gasteiger charge is -2.13. The van der Waals surface area contributed by atoms with Crippen molar-refractivity contribution in [3.05, 3.63) is 53.9 Å². The van der Waals surface area contributed by atoms with E-state index in [0.717, 1.165) is 11.4 Å². The third kappa shape index (κ3) is 3.05. The number of thiocarbonyl (C=S) groups is 1. The predicted octanol–water partition coefficient (Wildman–Crippen LogP) is 3.51. The van der Waals surface area contributed by atoms with Crippen LogP contribution in [0.25, 0.3) is 0 Å². The Hall–Kier alpha value is -1.94. The third-order valence-corrected chi connectivity index (χ3v) is 3.00. The number of anilines is 2. The lowest BCUT2D eigenvalue weighted by molar-refractivity contribution is 1.33. The molecule has 2 rings (SSSR count). The number of pyridine rings is 1. The number of hydrogen-bond donors (Lipinski definition) is 2. The summed E-state index contributed by atoms with van der Waals surface area (Å²) in [5.41, 5.74) is 4.40. The number of nitrogens with one attached hydrogen (secondary N) is 2. The molecule has 1 heterocycles. The van der Waals surface area contributed by atoms with Crippen molar-refractivity contribution in [2.75, 3.05) is 10.6 Å². The second-order valence-corrected chi connectivity index (χ2v) is 4.47. The molecule has 0 radical (unpaired) electrons. The zero-order valence-corrected chi connectivity index (χ0v) is 11.2. The minimum atomic E-state index is 0.579. The molecule has 2 aromatic rings. The summed E-state index contributed by atoms with van der Waals surface area (Å²) in [7, 11) is 0. The minimum Gasteiger partial charge on any atom is -0.332 e. The van der Waals surface area contributed by atoms with Gasteiger partial charge < -0.3 is 10.6 Å². The zero-order chi connectivity index (χ0) is 13.0. The van der Waals surface area contributed by atoms with E-state index < -0.39 is 0 Å². The summed E-state index contributed by atoms with van der Waals surface area (Å²) in [6.07, 6.45) is 3.45. The van der Waals surface area contributed by atoms with Gasteiger partial charge in [0.1, 0.15) is 0 Å². The molecule has 0 amide bonds. The van der Waals surface area contributed by atoms with Gasteiger partial charge in [0.05, 0.1) is 0 Å². The topological polar surface area (TPSA) is 37.0 Å². The van der Waals surface area contributed by atoms with E-state index in [9.17, 15) is 0 Å². The van der Waals surface area contributed by atoms with Crippen LogP contribution in [0.15, 0.2) is 42.7 Å². The zero-order valence-electron chi connectivity index (χ0n) is 10.4. The molecule has 4 heteroatoms. The molecule has 0 aliphatic heterocycles. The van der Waals surface area contributed by atoms with Gasteiger partial charge in [-0.15, -0.1) is 0 Å². The highest BCUT2D eigenvalue weighted by atomic mass is 32.1. The number of hydrogen-bond acceptors (Lipinski definition) is 2. The lowest BCUT2D eigenvalue weighted by Crippen LogP contribution is -2.19. The first-order valence-electron chi connectivity index (χ1n) is 5.71. The monoisotopic (exact) mass is 257 g/mol. The van der Waals surface area contributed by atoms with Crippen LogP contribution in [0.4, 0.5) is 11.4 Å². The SMILES string of the molecule is Cc1cccc(NC(=S)Nc2ccncc2)c1C. The van der Waals surface area contributed by atoms with Crippen LogP contribution in [-0.2, 0) is 0 Å². The molecule has 3 nitrogen and oxygen atoms in total. The summed E-state index contributed by atoms with van der Waals surface area (Å²) in [4.78, 5) is 3.96. The fourth-order valence-electron chi connectivity index (χ4n) is 1.61. The van der Waals surface area contributed by atoms with Crippen molar-refractivity contribution in [1.29, 1.82) is 0 Å². The van der Waals surface area contributed by atoms with Gasteiger partial charge in [-0.1, -0.05) is 12.1 Å². The number of aryl methyl sites for hydroxylation is 1. The van der Waals surface area contributed by atoms with E-state index in [-0.39, 0.29) is 0 Å². The molecule has 0 aliphatic carbocycles.